The summed E-state index contributed by atoms with van der Waals surface area (Å²) in [5.74, 6) is 0.696. The number of aryl methyl sites for hydroxylation is 1. The number of hydrogen-bond acceptors (Lipinski definition) is 2. The summed E-state index contributed by atoms with van der Waals surface area (Å²) in [7, 11) is 0. The van der Waals surface area contributed by atoms with Gasteiger partial charge in [-0.25, -0.2) is 0 Å². The van der Waals surface area contributed by atoms with Crippen molar-refractivity contribution in [1.82, 2.24) is 0 Å². The molecule has 1 fully saturated rings. The first kappa shape index (κ1) is 14.5. The van der Waals surface area contributed by atoms with E-state index < -0.39 is 6.10 Å². The minimum absolute atomic E-state index is 0.135. The van der Waals surface area contributed by atoms with Gasteiger partial charge in [-0.1, -0.05) is 49.1 Å². The van der Waals surface area contributed by atoms with E-state index in [-0.39, 0.29) is 6.10 Å². The summed E-state index contributed by atoms with van der Waals surface area (Å²) in [6.45, 7) is 4.82. The molecule has 0 spiro atoms. The monoisotopic (exact) mass is 262 g/mol. The largest absolute Gasteiger partial charge is 0.386 e. The molecule has 2 heteroatoms. The molecule has 1 aliphatic carbocycles. The Bertz CT molecular complexity index is 365. The third kappa shape index (κ3) is 4.32. The molecular formula is C17H26O2. The highest BCUT2D eigenvalue weighted by atomic mass is 16.5. The number of ether oxygens (including phenoxy) is 1. The van der Waals surface area contributed by atoms with Crippen molar-refractivity contribution in [3.63, 3.8) is 0 Å². The van der Waals surface area contributed by atoms with Gasteiger partial charge in [-0.3, -0.25) is 0 Å². The maximum atomic E-state index is 10.3. The third-order valence-corrected chi connectivity index (χ3v) is 4.18. The standard InChI is InChI=1S/C17H26O2/c1-13-8-10-16(11-9-13)17(18)14(2)19-12-15-6-4-3-5-7-15/h8-11,14-15,17-18H,3-7,12H2,1-2H3. The van der Waals surface area contributed by atoms with Gasteiger partial charge in [0, 0.05) is 6.61 Å². The van der Waals surface area contributed by atoms with Crippen molar-refractivity contribution >= 4 is 0 Å². The van der Waals surface area contributed by atoms with Crippen LogP contribution in [0.3, 0.4) is 0 Å². The average molecular weight is 262 g/mol. The van der Waals surface area contributed by atoms with E-state index in [0.717, 1.165) is 12.2 Å². The first-order valence-corrected chi connectivity index (χ1v) is 7.53. The lowest BCUT2D eigenvalue weighted by Gasteiger charge is -2.25. The van der Waals surface area contributed by atoms with Gasteiger partial charge in [0.15, 0.2) is 0 Å². The maximum absolute atomic E-state index is 10.3. The molecule has 0 radical (unpaired) electrons. The molecular weight excluding hydrogens is 236 g/mol. The molecule has 0 amide bonds. The van der Waals surface area contributed by atoms with Crippen molar-refractivity contribution in [3.05, 3.63) is 35.4 Å². The number of benzene rings is 1. The molecule has 2 atom stereocenters. The van der Waals surface area contributed by atoms with Gasteiger partial charge in [0.2, 0.25) is 0 Å². The van der Waals surface area contributed by atoms with Crippen LogP contribution in [0.2, 0.25) is 0 Å². The van der Waals surface area contributed by atoms with E-state index in [0.29, 0.717) is 5.92 Å². The van der Waals surface area contributed by atoms with Gasteiger partial charge < -0.3 is 9.84 Å². The zero-order valence-corrected chi connectivity index (χ0v) is 12.1. The summed E-state index contributed by atoms with van der Waals surface area (Å²) in [5.41, 5.74) is 2.16. The Morgan fingerprint density at radius 2 is 1.79 bits per heavy atom. The molecule has 0 heterocycles. The quantitative estimate of drug-likeness (QED) is 0.868. The molecule has 1 N–H and O–H groups in total. The van der Waals surface area contributed by atoms with Crippen LogP contribution in [0.5, 0.6) is 0 Å². The molecule has 1 aromatic rings. The van der Waals surface area contributed by atoms with Gasteiger partial charge in [-0.05, 0) is 38.2 Å². The summed E-state index contributed by atoms with van der Waals surface area (Å²) in [4.78, 5) is 0. The zero-order valence-electron chi connectivity index (χ0n) is 12.1. The van der Waals surface area contributed by atoms with Crippen LogP contribution in [0.1, 0.15) is 56.3 Å². The molecule has 2 unspecified atom stereocenters. The van der Waals surface area contributed by atoms with Gasteiger partial charge in [-0.2, -0.15) is 0 Å². The Kier molecular flexibility index (Phi) is 5.41. The molecule has 2 rings (SSSR count). The van der Waals surface area contributed by atoms with Crippen molar-refractivity contribution in [3.8, 4) is 0 Å². The topological polar surface area (TPSA) is 29.5 Å². The second-order valence-corrected chi connectivity index (χ2v) is 5.90. The normalized spacial score (nSPS) is 20.2. The molecule has 0 aromatic heterocycles. The van der Waals surface area contributed by atoms with Crippen LogP contribution in [-0.2, 0) is 4.74 Å². The summed E-state index contributed by atoms with van der Waals surface area (Å²) < 4.78 is 5.88. The van der Waals surface area contributed by atoms with E-state index in [4.69, 9.17) is 4.74 Å². The molecule has 1 aliphatic rings. The van der Waals surface area contributed by atoms with E-state index in [1.165, 1.54) is 37.7 Å². The van der Waals surface area contributed by atoms with Crippen LogP contribution in [0, 0.1) is 12.8 Å². The Hall–Kier alpha value is -0.860. The molecule has 0 saturated heterocycles. The molecule has 1 saturated carbocycles. The first-order chi connectivity index (χ1) is 9.16. The Balaban J connectivity index is 1.81. The van der Waals surface area contributed by atoms with Crippen LogP contribution >= 0.6 is 0 Å². The number of hydrogen-bond donors (Lipinski definition) is 1. The van der Waals surface area contributed by atoms with E-state index in [1.807, 2.05) is 31.2 Å². The van der Waals surface area contributed by atoms with Crippen LogP contribution in [0.4, 0.5) is 0 Å². The number of aliphatic hydroxyl groups excluding tert-OH is 1. The lowest BCUT2D eigenvalue weighted by atomic mass is 9.90. The minimum atomic E-state index is -0.524. The minimum Gasteiger partial charge on any atom is -0.386 e. The average Bonchev–Trinajstić information content (AvgIpc) is 2.46. The van der Waals surface area contributed by atoms with Crippen molar-refractivity contribution in [2.45, 2.75) is 58.2 Å². The van der Waals surface area contributed by atoms with E-state index >= 15 is 0 Å². The van der Waals surface area contributed by atoms with Gasteiger partial charge in [0.05, 0.1) is 6.10 Å². The molecule has 0 bridgehead atoms. The van der Waals surface area contributed by atoms with E-state index in [1.54, 1.807) is 0 Å². The van der Waals surface area contributed by atoms with E-state index in [9.17, 15) is 5.11 Å². The highest BCUT2D eigenvalue weighted by Gasteiger charge is 2.20. The molecule has 2 nitrogen and oxygen atoms in total. The van der Waals surface area contributed by atoms with Crippen LogP contribution in [0.25, 0.3) is 0 Å². The zero-order chi connectivity index (χ0) is 13.7. The van der Waals surface area contributed by atoms with Crippen LogP contribution < -0.4 is 0 Å². The van der Waals surface area contributed by atoms with E-state index in [2.05, 4.69) is 6.92 Å². The highest BCUT2D eigenvalue weighted by molar-refractivity contribution is 5.23. The second-order valence-electron chi connectivity index (χ2n) is 5.90. The first-order valence-electron chi connectivity index (χ1n) is 7.53. The Labute approximate surface area is 116 Å². The fourth-order valence-corrected chi connectivity index (χ4v) is 2.77. The number of rotatable bonds is 5. The van der Waals surface area contributed by atoms with Gasteiger partial charge >= 0.3 is 0 Å². The smallest absolute Gasteiger partial charge is 0.105 e. The van der Waals surface area contributed by atoms with Gasteiger partial charge in [0.1, 0.15) is 6.10 Å². The molecule has 0 aliphatic heterocycles. The lowest BCUT2D eigenvalue weighted by molar-refractivity contribution is -0.0444. The summed E-state index contributed by atoms with van der Waals surface area (Å²) in [6, 6.07) is 8.04. The Morgan fingerprint density at radius 3 is 2.42 bits per heavy atom. The van der Waals surface area contributed by atoms with Gasteiger partial charge in [-0.15, -0.1) is 0 Å². The highest BCUT2D eigenvalue weighted by Crippen LogP contribution is 2.26. The summed E-state index contributed by atoms with van der Waals surface area (Å²) >= 11 is 0. The maximum Gasteiger partial charge on any atom is 0.105 e. The predicted molar refractivity (Wildman–Crippen MR) is 78.1 cm³/mol. The second kappa shape index (κ2) is 7.06. The summed E-state index contributed by atoms with van der Waals surface area (Å²) in [5, 5.41) is 10.3. The van der Waals surface area contributed by atoms with Gasteiger partial charge in [0.25, 0.3) is 0 Å². The fraction of sp³-hybridized carbons (Fsp3) is 0.647. The van der Waals surface area contributed by atoms with Crippen LogP contribution in [-0.4, -0.2) is 17.8 Å². The van der Waals surface area contributed by atoms with Crippen molar-refractivity contribution < 1.29 is 9.84 Å². The Morgan fingerprint density at radius 1 is 1.16 bits per heavy atom. The third-order valence-electron chi connectivity index (χ3n) is 4.18. The van der Waals surface area contributed by atoms with Crippen LogP contribution in [0.15, 0.2) is 24.3 Å². The molecule has 1 aromatic carbocycles. The SMILES string of the molecule is Cc1ccc(C(O)C(C)OCC2CCCCC2)cc1. The van der Waals surface area contributed by atoms with Crippen molar-refractivity contribution in [2.24, 2.45) is 5.92 Å². The lowest BCUT2D eigenvalue weighted by Crippen LogP contribution is -2.23. The van der Waals surface area contributed by atoms with Crippen molar-refractivity contribution in [2.75, 3.05) is 6.61 Å². The fourth-order valence-electron chi connectivity index (χ4n) is 2.77. The number of aliphatic hydroxyl groups is 1. The summed E-state index contributed by atoms with van der Waals surface area (Å²) in [6.07, 6.45) is 5.96. The predicted octanol–water partition coefficient (Wildman–Crippen LogP) is 4.01. The molecule has 19 heavy (non-hydrogen) atoms. The molecule has 106 valence electrons. The van der Waals surface area contributed by atoms with Crippen molar-refractivity contribution in [1.29, 1.82) is 0 Å².